The molecule has 1 aliphatic rings. The molecular weight excluding hydrogens is 280 g/mol. The summed E-state index contributed by atoms with van der Waals surface area (Å²) < 4.78 is 4.76. The van der Waals surface area contributed by atoms with Gasteiger partial charge in [0.05, 0.1) is 12.2 Å². The van der Waals surface area contributed by atoms with E-state index < -0.39 is 0 Å². The van der Waals surface area contributed by atoms with Crippen LogP contribution in [0, 0.1) is 0 Å². The minimum Gasteiger partial charge on any atom is -0.352 e. The standard InChI is InChI=1S/C15H22N6O/c1-15(2,3)12-5-6-14(18-17-12)21-7-11(8-21)20(4)9-13-16-10-22-19-13/h5-6,10-11H,7-9H2,1-4H3. The Morgan fingerprint density at radius 3 is 2.59 bits per heavy atom. The van der Waals surface area contributed by atoms with Gasteiger partial charge in [0.2, 0.25) is 6.39 Å². The van der Waals surface area contributed by atoms with Crippen molar-refractivity contribution in [2.45, 2.75) is 38.8 Å². The van der Waals surface area contributed by atoms with Crippen LogP contribution < -0.4 is 4.90 Å². The van der Waals surface area contributed by atoms with Crippen LogP contribution in [-0.2, 0) is 12.0 Å². The number of hydrogen-bond acceptors (Lipinski definition) is 7. The Bertz CT molecular complexity index is 598. The molecule has 0 N–H and O–H groups in total. The van der Waals surface area contributed by atoms with Crippen molar-refractivity contribution in [3.8, 4) is 0 Å². The zero-order chi connectivity index (χ0) is 15.7. The van der Waals surface area contributed by atoms with Crippen molar-refractivity contribution < 1.29 is 4.52 Å². The second-order valence-electron chi connectivity index (χ2n) is 6.85. The van der Waals surface area contributed by atoms with Gasteiger partial charge in [-0.15, -0.1) is 5.10 Å². The minimum absolute atomic E-state index is 0.0355. The third kappa shape index (κ3) is 3.09. The van der Waals surface area contributed by atoms with E-state index >= 15 is 0 Å². The predicted molar refractivity (Wildman–Crippen MR) is 82.5 cm³/mol. The third-order valence-corrected chi connectivity index (χ3v) is 4.03. The molecule has 118 valence electrons. The van der Waals surface area contributed by atoms with Crippen molar-refractivity contribution in [3.63, 3.8) is 0 Å². The lowest BCUT2D eigenvalue weighted by molar-refractivity contribution is 0.190. The normalized spacial score (nSPS) is 16.1. The summed E-state index contributed by atoms with van der Waals surface area (Å²) in [5.74, 6) is 1.66. The van der Waals surface area contributed by atoms with Gasteiger partial charge in [-0.25, -0.2) is 0 Å². The van der Waals surface area contributed by atoms with E-state index in [4.69, 9.17) is 4.52 Å². The van der Waals surface area contributed by atoms with Gasteiger partial charge in [-0.2, -0.15) is 10.1 Å². The Morgan fingerprint density at radius 2 is 2.05 bits per heavy atom. The number of likely N-dealkylation sites (N-methyl/N-ethyl adjacent to an activating group) is 1. The third-order valence-electron chi connectivity index (χ3n) is 4.03. The zero-order valence-corrected chi connectivity index (χ0v) is 13.5. The van der Waals surface area contributed by atoms with Gasteiger partial charge < -0.3 is 9.42 Å². The summed E-state index contributed by atoms with van der Waals surface area (Å²) in [4.78, 5) is 8.52. The second-order valence-corrected chi connectivity index (χ2v) is 6.85. The van der Waals surface area contributed by atoms with E-state index in [0.717, 1.165) is 30.4 Å². The van der Waals surface area contributed by atoms with Crippen molar-refractivity contribution >= 4 is 5.82 Å². The van der Waals surface area contributed by atoms with Gasteiger partial charge in [-0.1, -0.05) is 25.9 Å². The van der Waals surface area contributed by atoms with Crippen molar-refractivity contribution in [3.05, 3.63) is 30.0 Å². The van der Waals surface area contributed by atoms with Crippen LogP contribution in [0.3, 0.4) is 0 Å². The molecular formula is C15H22N6O. The molecule has 0 atom stereocenters. The number of aromatic nitrogens is 4. The van der Waals surface area contributed by atoms with Crippen LogP contribution in [0.1, 0.15) is 32.3 Å². The summed E-state index contributed by atoms with van der Waals surface area (Å²) in [6.07, 6.45) is 1.36. The van der Waals surface area contributed by atoms with E-state index in [1.54, 1.807) is 0 Å². The van der Waals surface area contributed by atoms with Gasteiger partial charge in [-0.05, 0) is 19.2 Å². The molecule has 7 heteroatoms. The fourth-order valence-corrected chi connectivity index (χ4v) is 2.43. The van der Waals surface area contributed by atoms with E-state index in [9.17, 15) is 0 Å². The lowest BCUT2D eigenvalue weighted by Gasteiger charge is -2.44. The highest BCUT2D eigenvalue weighted by molar-refractivity contribution is 5.42. The largest absolute Gasteiger partial charge is 0.352 e. The molecule has 0 aromatic carbocycles. The molecule has 1 saturated heterocycles. The number of rotatable bonds is 4. The van der Waals surface area contributed by atoms with Gasteiger partial charge in [0.15, 0.2) is 11.6 Å². The molecule has 3 heterocycles. The molecule has 0 unspecified atom stereocenters. The minimum atomic E-state index is 0.0355. The Hall–Kier alpha value is -2.02. The topological polar surface area (TPSA) is 71.2 Å². The smallest absolute Gasteiger partial charge is 0.213 e. The number of anilines is 1. The molecule has 0 spiro atoms. The van der Waals surface area contributed by atoms with Crippen LogP contribution in [-0.4, -0.2) is 51.4 Å². The first-order valence-corrected chi connectivity index (χ1v) is 7.48. The van der Waals surface area contributed by atoms with Crippen molar-refractivity contribution in [2.75, 3.05) is 25.0 Å². The van der Waals surface area contributed by atoms with Gasteiger partial charge in [0, 0.05) is 24.5 Å². The summed E-state index contributed by atoms with van der Waals surface area (Å²) in [6.45, 7) is 9.01. The van der Waals surface area contributed by atoms with E-state index in [2.05, 4.69) is 70.1 Å². The Balaban J connectivity index is 1.54. The molecule has 0 amide bonds. The van der Waals surface area contributed by atoms with Gasteiger partial charge in [0.1, 0.15) is 0 Å². The van der Waals surface area contributed by atoms with Crippen molar-refractivity contribution in [2.24, 2.45) is 0 Å². The monoisotopic (exact) mass is 302 g/mol. The highest BCUT2D eigenvalue weighted by Crippen LogP contribution is 2.24. The van der Waals surface area contributed by atoms with Gasteiger partial charge >= 0.3 is 0 Å². The quantitative estimate of drug-likeness (QED) is 0.847. The summed E-state index contributed by atoms with van der Waals surface area (Å²) in [5, 5.41) is 12.5. The van der Waals surface area contributed by atoms with Crippen LogP contribution in [0.15, 0.2) is 23.0 Å². The van der Waals surface area contributed by atoms with E-state index in [0.29, 0.717) is 12.6 Å². The molecule has 0 aliphatic carbocycles. The average molecular weight is 302 g/mol. The summed E-state index contributed by atoms with van der Waals surface area (Å²) >= 11 is 0. The highest BCUT2D eigenvalue weighted by Gasteiger charge is 2.31. The van der Waals surface area contributed by atoms with E-state index in [1.165, 1.54) is 6.39 Å². The Labute approximate surface area is 130 Å². The highest BCUT2D eigenvalue weighted by atomic mass is 16.5. The fraction of sp³-hybridized carbons (Fsp3) is 0.600. The number of hydrogen-bond donors (Lipinski definition) is 0. The average Bonchev–Trinajstić information content (AvgIpc) is 2.89. The molecule has 3 rings (SSSR count). The lowest BCUT2D eigenvalue weighted by Crippen LogP contribution is -2.58. The Kier molecular flexibility index (Phi) is 3.82. The molecule has 2 aromatic heterocycles. The van der Waals surface area contributed by atoms with Crippen molar-refractivity contribution in [1.82, 2.24) is 25.2 Å². The van der Waals surface area contributed by atoms with Crippen LogP contribution in [0.25, 0.3) is 0 Å². The van der Waals surface area contributed by atoms with Gasteiger partial charge in [-0.3, -0.25) is 4.90 Å². The second kappa shape index (κ2) is 5.64. The molecule has 22 heavy (non-hydrogen) atoms. The van der Waals surface area contributed by atoms with Crippen LogP contribution >= 0.6 is 0 Å². The SMILES string of the molecule is CN(Cc1ncon1)C1CN(c2ccc(C(C)(C)C)nn2)C1. The first kappa shape index (κ1) is 14.9. The maximum Gasteiger partial charge on any atom is 0.213 e. The van der Waals surface area contributed by atoms with Crippen molar-refractivity contribution in [1.29, 1.82) is 0 Å². The molecule has 0 radical (unpaired) electrons. The fourth-order valence-electron chi connectivity index (χ4n) is 2.43. The maximum absolute atomic E-state index is 4.76. The van der Waals surface area contributed by atoms with Crippen LogP contribution in [0.4, 0.5) is 5.82 Å². The molecule has 0 bridgehead atoms. The summed E-state index contributed by atoms with van der Waals surface area (Å²) in [7, 11) is 2.08. The van der Waals surface area contributed by atoms with E-state index in [-0.39, 0.29) is 5.41 Å². The van der Waals surface area contributed by atoms with E-state index in [1.807, 2.05) is 0 Å². The molecule has 0 saturated carbocycles. The first-order chi connectivity index (χ1) is 10.4. The molecule has 7 nitrogen and oxygen atoms in total. The van der Waals surface area contributed by atoms with Crippen LogP contribution in [0.2, 0.25) is 0 Å². The lowest BCUT2D eigenvalue weighted by atomic mass is 9.92. The maximum atomic E-state index is 4.76. The summed E-state index contributed by atoms with van der Waals surface area (Å²) in [6, 6.07) is 4.60. The van der Waals surface area contributed by atoms with Gasteiger partial charge in [0.25, 0.3) is 0 Å². The molecule has 1 aliphatic heterocycles. The summed E-state index contributed by atoms with van der Waals surface area (Å²) in [5.41, 5.74) is 1.05. The first-order valence-electron chi connectivity index (χ1n) is 7.48. The molecule has 2 aromatic rings. The predicted octanol–water partition coefficient (Wildman–Crippen LogP) is 1.48. The van der Waals surface area contributed by atoms with Crippen LogP contribution in [0.5, 0.6) is 0 Å². The molecule has 1 fully saturated rings. The Morgan fingerprint density at radius 1 is 1.27 bits per heavy atom. The zero-order valence-electron chi connectivity index (χ0n) is 13.5. The number of nitrogens with zero attached hydrogens (tertiary/aromatic N) is 6.